The first-order valence-electron chi connectivity index (χ1n) is 6.92. The molecule has 0 spiro atoms. The summed E-state index contributed by atoms with van der Waals surface area (Å²) >= 11 is 0. The van der Waals surface area contributed by atoms with Gasteiger partial charge in [0.05, 0.1) is 17.1 Å². The van der Waals surface area contributed by atoms with Crippen molar-refractivity contribution in [3.63, 3.8) is 0 Å². The van der Waals surface area contributed by atoms with Crippen LogP contribution in [-0.2, 0) is 29.7 Å². The summed E-state index contributed by atoms with van der Waals surface area (Å²) in [4.78, 5) is -1.33. The van der Waals surface area contributed by atoms with Gasteiger partial charge in [0.15, 0.2) is 6.29 Å². The third kappa shape index (κ3) is 4.28. The van der Waals surface area contributed by atoms with E-state index >= 15 is 0 Å². The summed E-state index contributed by atoms with van der Waals surface area (Å²) in [5.41, 5.74) is -0.0232. The van der Waals surface area contributed by atoms with Gasteiger partial charge in [0, 0.05) is 5.56 Å². The van der Waals surface area contributed by atoms with E-state index < -0.39 is 36.3 Å². The van der Waals surface area contributed by atoms with Crippen LogP contribution < -0.4 is 0 Å². The summed E-state index contributed by atoms with van der Waals surface area (Å²) in [5, 5.41) is 0. The van der Waals surface area contributed by atoms with Crippen LogP contribution in [-0.4, -0.2) is 38.1 Å². The molecule has 1 aromatic carbocycles. The van der Waals surface area contributed by atoms with Crippen LogP contribution in [0.1, 0.15) is 38.5 Å². The third-order valence-electron chi connectivity index (χ3n) is 3.54. The predicted molar refractivity (Wildman–Crippen MR) is 79.1 cm³/mol. The lowest BCUT2D eigenvalue weighted by atomic mass is 10.1. The molecule has 23 heavy (non-hydrogen) atoms. The van der Waals surface area contributed by atoms with Crippen LogP contribution in [0.4, 0.5) is 0 Å². The van der Waals surface area contributed by atoms with Gasteiger partial charge in [-0.25, -0.2) is 0 Å². The summed E-state index contributed by atoms with van der Waals surface area (Å²) in [5.74, 6) is 0. The number of hydrogen-bond acceptors (Lipinski definition) is 6. The Morgan fingerprint density at radius 3 is 2.30 bits per heavy atom. The average Bonchev–Trinajstić information content (AvgIpc) is 2.44. The van der Waals surface area contributed by atoms with Gasteiger partial charge in [-0.1, -0.05) is 13.0 Å². The van der Waals surface area contributed by atoms with E-state index in [1.54, 1.807) is 6.92 Å². The van der Waals surface area contributed by atoms with Crippen LogP contribution in [0, 0.1) is 0 Å². The molecule has 1 saturated heterocycles. The number of rotatable bonds is 4. The van der Waals surface area contributed by atoms with Crippen molar-refractivity contribution in [2.75, 3.05) is 0 Å². The van der Waals surface area contributed by atoms with Gasteiger partial charge in [0.1, 0.15) is 4.90 Å². The maximum Gasteiger partial charge on any atom is 0.295 e. The molecule has 10 heteroatoms. The molecular formula is C13H18O8S2. The van der Waals surface area contributed by atoms with Gasteiger partial charge in [-0.15, -0.1) is 0 Å². The lowest BCUT2D eigenvalue weighted by Gasteiger charge is -2.34. The van der Waals surface area contributed by atoms with Gasteiger partial charge in [0.2, 0.25) is 0 Å². The molecule has 2 rings (SSSR count). The van der Waals surface area contributed by atoms with Crippen LogP contribution >= 0.6 is 0 Å². The van der Waals surface area contributed by atoms with Crippen molar-refractivity contribution >= 4 is 20.2 Å². The molecule has 1 aliphatic rings. The minimum Gasteiger partial charge on any atom is -0.345 e. The van der Waals surface area contributed by atoms with Crippen molar-refractivity contribution in [2.45, 2.75) is 55.0 Å². The Labute approximate surface area is 134 Å². The Kier molecular flexibility index (Phi) is 5.14. The molecule has 0 aromatic heterocycles. The third-order valence-corrected chi connectivity index (χ3v) is 5.30. The lowest BCUT2D eigenvalue weighted by Crippen LogP contribution is -2.32. The second-order valence-corrected chi connectivity index (χ2v) is 8.14. The van der Waals surface area contributed by atoms with Crippen LogP contribution in [0.3, 0.4) is 0 Å². The first-order valence-corrected chi connectivity index (χ1v) is 9.80. The second kappa shape index (κ2) is 6.46. The molecule has 1 heterocycles. The highest BCUT2D eigenvalue weighted by Crippen LogP contribution is 2.35. The second-order valence-electron chi connectivity index (χ2n) is 5.33. The highest BCUT2D eigenvalue weighted by atomic mass is 32.2. The number of hydrogen-bond donors (Lipinski definition) is 2. The molecule has 3 unspecified atom stereocenters. The van der Waals surface area contributed by atoms with Gasteiger partial charge in [-0.05, 0) is 31.9 Å². The SMILES string of the molecule is CCC1CC(C)OC(c2ccc(S(=O)(=O)O)cc2S(=O)(=O)O)O1. The standard InChI is InChI=1S/C13H18O8S2/c1-3-9-6-8(2)20-13(21-9)11-5-4-10(22(14,15)16)7-12(11)23(17,18)19/h4-5,7-9,13H,3,6H2,1-2H3,(H,14,15,16)(H,17,18,19). The Morgan fingerprint density at radius 1 is 1.13 bits per heavy atom. The molecule has 130 valence electrons. The zero-order valence-corrected chi connectivity index (χ0v) is 14.2. The highest BCUT2D eigenvalue weighted by Gasteiger charge is 2.32. The fraction of sp³-hybridized carbons (Fsp3) is 0.538. The van der Waals surface area contributed by atoms with E-state index in [4.69, 9.17) is 14.0 Å². The van der Waals surface area contributed by atoms with E-state index in [1.807, 2.05) is 6.92 Å². The Balaban J connectivity index is 2.54. The molecule has 0 aliphatic carbocycles. The zero-order chi connectivity index (χ0) is 17.4. The summed E-state index contributed by atoms with van der Waals surface area (Å²) in [7, 11) is -9.36. The maximum atomic E-state index is 11.6. The van der Waals surface area contributed by atoms with Crippen LogP contribution in [0.15, 0.2) is 28.0 Å². The smallest absolute Gasteiger partial charge is 0.295 e. The van der Waals surface area contributed by atoms with Gasteiger partial charge < -0.3 is 9.47 Å². The lowest BCUT2D eigenvalue weighted by molar-refractivity contribution is -0.244. The molecule has 8 nitrogen and oxygen atoms in total. The van der Waals surface area contributed by atoms with Crippen molar-refractivity contribution in [2.24, 2.45) is 0 Å². The fourth-order valence-corrected chi connectivity index (χ4v) is 3.72. The van der Waals surface area contributed by atoms with E-state index in [9.17, 15) is 21.4 Å². The molecule has 1 aromatic rings. The molecule has 0 radical (unpaired) electrons. The summed E-state index contributed by atoms with van der Waals surface area (Å²) < 4.78 is 75.1. The van der Waals surface area contributed by atoms with Gasteiger partial charge >= 0.3 is 0 Å². The molecule has 1 fully saturated rings. The first kappa shape index (κ1) is 18.3. The topological polar surface area (TPSA) is 127 Å². The molecule has 3 atom stereocenters. The van der Waals surface area contributed by atoms with Crippen LogP contribution in [0.25, 0.3) is 0 Å². The summed E-state index contributed by atoms with van der Waals surface area (Å²) in [6, 6.07) is 2.83. The van der Waals surface area contributed by atoms with Crippen molar-refractivity contribution in [1.82, 2.24) is 0 Å². The number of ether oxygens (including phenoxy) is 2. The van der Waals surface area contributed by atoms with Gasteiger partial charge in [-0.2, -0.15) is 16.8 Å². The van der Waals surface area contributed by atoms with Gasteiger partial charge in [0.25, 0.3) is 20.2 Å². The number of benzene rings is 1. The zero-order valence-electron chi connectivity index (χ0n) is 12.5. The molecule has 0 saturated carbocycles. The Hall–Kier alpha value is -1.04. The highest BCUT2D eigenvalue weighted by molar-refractivity contribution is 7.86. The van der Waals surface area contributed by atoms with E-state index in [0.717, 1.165) is 12.1 Å². The summed E-state index contributed by atoms with van der Waals surface area (Å²) in [6.45, 7) is 3.71. The summed E-state index contributed by atoms with van der Waals surface area (Å²) in [6.07, 6.45) is -0.0873. The van der Waals surface area contributed by atoms with Gasteiger partial charge in [-0.3, -0.25) is 9.11 Å². The molecular weight excluding hydrogens is 348 g/mol. The van der Waals surface area contributed by atoms with Crippen LogP contribution in [0.2, 0.25) is 0 Å². The van der Waals surface area contributed by atoms with E-state index in [2.05, 4.69) is 0 Å². The molecule has 2 N–H and O–H groups in total. The molecule has 0 bridgehead atoms. The molecule has 1 aliphatic heterocycles. The van der Waals surface area contributed by atoms with E-state index in [-0.39, 0.29) is 17.8 Å². The quantitative estimate of drug-likeness (QED) is 0.772. The minimum atomic E-state index is -4.74. The van der Waals surface area contributed by atoms with E-state index in [1.165, 1.54) is 0 Å². The van der Waals surface area contributed by atoms with Crippen molar-refractivity contribution in [3.8, 4) is 0 Å². The monoisotopic (exact) mass is 366 g/mol. The Morgan fingerprint density at radius 2 is 1.78 bits per heavy atom. The Bertz CT molecular complexity index is 784. The minimum absolute atomic E-state index is 0.0232. The first-order chi connectivity index (χ1) is 10.5. The fourth-order valence-electron chi connectivity index (χ4n) is 2.40. The largest absolute Gasteiger partial charge is 0.345 e. The predicted octanol–water partition coefficient (Wildman–Crippen LogP) is 1.78. The molecule has 0 amide bonds. The maximum absolute atomic E-state index is 11.6. The van der Waals surface area contributed by atoms with Crippen LogP contribution in [0.5, 0.6) is 0 Å². The van der Waals surface area contributed by atoms with E-state index in [0.29, 0.717) is 18.9 Å². The average molecular weight is 366 g/mol. The van der Waals surface area contributed by atoms with Crippen molar-refractivity contribution < 1.29 is 35.4 Å². The van der Waals surface area contributed by atoms with Crippen molar-refractivity contribution in [1.29, 1.82) is 0 Å². The van der Waals surface area contributed by atoms with Crippen molar-refractivity contribution in [3.05, 3.63) is 23.8 Å². The normalized spacial score (nSPS) is 26.2.